The highest BCUT2D eigenvalue weighted by atomic mass is 16.3. The van der Waals surface area contributed by atoms with Crippen molar-refractivity contribution in [3.8, 4) is 0 Å². The van der Waals surface area contributed by atoms with Gasteiger partial charge in [-0.1, -0.05) is 39.0 Å². The van der Waals surface area contributed by atoms with Crippen LogP contribution in [0.3, 0.4) is 0 Å². The lowest BCUT2D eigenvalue weighted by Crippen LogP contribution is -2.15. The van der Waals surface area contributed by atoms with Gasteiger partial charge in [0.2, 0.25) is 0 Å². The van der Waals surface area contributed by atoms with Crippen LogP contribution in [-0.4, -0.2) is 5.11 Å². The number of hydrogen-bond acceptors (Lipinski definition) is 1. The fourth-order valence-electron chi connectivity index (χ4n) is 2.26. The maximum Gasteiger partial charge on any atom is 0.0684 e. The molecule has 1 aliphatic carbocycles. The van der Waals surface area contributed by atoms with Crippen molar-refractivity contribution >= 4 is 0 Å². The first-order valence-electron chi connectivity index (χ1n) is 5.77. The van der Waals surface area contributed by atoms with Crippen molar-refractivity contribution in [2.75, 3.05) is 0 Å². The number of rotatable bonds is 2. The van der Waals surface area contributed by atoms with Crippen LogP contribution in [0.2, 0.25) is 0 Å². The van der Waals surface area contributed by atoms with E-state index in [9.17, 15) is 5.11 Å². The van der Waals surface area contributed by atoms with E-state index in [1.54, 1.807) is 0 Å². The van der Waals surface area contributed by atoms with E-state index in [4.69, 9.17) is 0 Å². The second kappa shape index (κ2) is 3.64. The molecular formula is C14H20O. The van der Waals surface area contributed by atoms with Crippen LogP contribution in [0.25, 0.3) is 0 Å². The Morgan fingerprint density at radius 3 is 2.40 bits per heavy atom. The van der Waals surface area contributed by atoms with Crippen LogP contribution in [0, 0.1) is 0 Å². The average Bonchev–Trinajstić information content (AvgIpc) is 2.98. The summed E-state index contributed by atoms with van der Waals surface area (Å²) in [6.45, 7) is 6.91. The van der Waals surface area contributed by atoms with Gasteiger partial charge in [-0.3, -0.25) is 0 Å². The molecule has 0 aliphatic heterocycles. The molecule has 0 spiro atoms. The van der Waals surface area contributed by atoms with E-state index >= 15 is 0 Å². The summed E-state index contributed by atoms with van der Waals surface area (Å²) in [5.41, 5.74) is 4.15. The lowest BCUT2D eigenvalue weighted by molar-refractivity contribution is 0.280. The topological polar surface area (TPSA) is 20.2 Å². The average molecular weight is 204 g/mol. The van der Waals surface area contributed by atoms with Crippen LogP contribution in [0.4, 0.5) is 0 Å². The van der Waals surface area contributed by atoms with Gasteiger partial charge in [0.1, 0.15) is 0 Å². The van der Waals surface area contributed by atoms with Crippen LogP contribution in [0.1, 0.15) is 56.2 Å². The smallest absolute Gasteiger partial charge is 0.0684 e. The van der Waals surface area contributed by atoms with Gasteiger partial charge in [0, 0.05) is 0 Å². The Bertz CT molecular complexity index is 356. The van der Waals surface area contributed by atoms with Crippen LogP contribution in [0.5, 0.6) is 0 Å². The highest BCUT2D eigenvalue weighted by molar-refractivity contribution is 5.43. The molecule has 1 fully saturated rings. The van der Waals surface area contributed by atoms with Gasteiger partial charge >= 0.3 is 0 Å². The van der Waals surface area contributed by atoms with Crippen molar-refractivity contribution in [1.29, 1.82) is 0 Å². The van der Waals surface area contributed by atoms with E-state index in [-0.39, 0.29) is 12.0 Å². The molecule has 0 bridgehead atoms. The summed E-state index contributed by atoms with van der Waals surface area (Å²) < 4.78 is 0. The zero-order valence-electron chi connectivity index (χ0n) is 9.88. The quantitative estimate of drug-likeness (QED) is 0.783. The first kappa shape index (κ1) is 10.7. The summed E-state index contributed by atoms with van der Waals surface area (Å²) in [5, 5.41) is 9.39. The molecular weight excluding hydrogens is 184 g/mol. The molecule has 0 heterocycles. The van der Waals surface area contributed by atoms with Crippen LogP contribution in [0.15, 0.2) is 18.2 Å². The van der Waals surface area contributed by atoms with E-state index in [1.807, 2.05) is 0 Å². The zero-order valence-corrected chi connectivity index (χ0v) is 9.88. The summed E-state index contributed by atoms with van der Waals surface area (Å²) in [6, 6.07) is 6.34. The molecule has 1 nitrogen and oxygen atoms in total. The summed E-state index contributed by atoms with van der Waals surface area (Å²) >= 11 is 0. The second-order valence-corrected chi connectivity index (χ2v) is 5.56. The van der Waals surface area contributed by atoms with Gasteiger partial charge in [-0.15, -0.1) is 0 Å². The Morgan fingerprint density at radius 1 is 1.27 bits per heavy atom. The maximum absolute atomic E-state index is 9.39. The van der Waals surface area contributed by atoms with E-state index in [0.29, 0.717) is 5.92 Å². The zero-order chi connectivity index (χ0) is 11.1. The Morgan fingerprint density at radius 2 is 1.93 bits per heavy atom. The van der Waals surface area contributed by atoms with E-state index in [0.717, 1.165) is 5.56 Å². The van der Waals surface area contributed by atoms with Crippen LogP contribution >= 0.6 is 0 Å². The van der Waals surface area contributed by atoms with Gasteiger partial charge < -0.3 is 5.11 Å². The minimum Gasteiger partial charge on any atom is -0.392 e. The maximum atomic E-state index is 9.39. The van der Waals surface area contributed by atoms with Crippen molar-refractivity contribution in [3.05, 3.63) is 34.9 Å². The molecule has 0 atom stereocenters. The fraction of sp³-hybridized carbons (Fsp3) is 0.571. The highest BCUT2D eigenvalue weighted by Crippen LogP contribution is 2.46. The first-order valence-corrected chi connectivity index (χ1v) is 5.77. The van der Waals surface area contributed by atoms with Gasteiger partial charge in [-0.05, 0) is 40.9 Å². The van der Waals surface area contributed by atoms with Crippen molar-refractivity contribution in [2.45, 2.75) is 51.6 Å². The minimum atomic E-state index is 0.176. The third kappa shape index (κ3) is 2.07. The molecule has 0 unspecified atom stereocenters. The van der Waals surface area contributed by atoms with Gasteiger partial charge in [-0.25, -0.2) is 0 Å². The normalized spacial score (nSPS) is 16.8. The highest BCUT2D eigenvalue weighted by Gasteiger charge is 2.31. The predicted octanol–water partition coefficient (Wildman–Crippen LogP) is 3.35. The third-order valence-corrected chi connectivity index (χ3v) is 3.16. The Balaban J connectivity index is 2.53. The molecule has 15 heavy (non-hydrogen) atoms. The minimum absolute atomic E-state index is 0.176. The fourth-order valence-corrected chi connectivity index (χ4v) is 2.26. The Kier molecular flexibility index (Phi) is 2.59. The summed E-state index contributed by atoms with van der Waals surface area (Å²) in [5.74, 6) is 0.711. The summed E-state index contributed by atoms with van der Waals surface area (Å²) in [4.78, 5) is 0. The molecule has 1 heteroatoms. The molecule has 2 rings (SSSR count). The number of aliphatic hydroxyl groups is 1. The van der Waals surface area contributed by atoms with E-state index in [2.05, 4.69) is 39.0 Å². The van der Waals surface area contributed by atoms with E-state index in [1.165, 1.54) is 24.0 Å². The van der Waals surface area contributed by atoms with Crippen molar-refractivity contribution < 1.29 is 5.11 Å². The van der Waals surface area contributed by atoms with Gasteiger partial charge in [0.25, 0.3) is 0 Å². The molecule has 0 aromatic heterocycles. The first-order chi connectivity index (χ1) is 7.04. The summed E-state index contributed by atoms with van der Waals surface area (Å²) in [6.07, 6.45) is 2.58. The van der Waals surface area contributed by atoms with Gasteiger partial charge in [0.05, 0.1) is 6.61 Å². The molecule has 1 aliphatic rings. The Labute approximate surface area is 92.1 Å². The lowest BCUT2D eigenvalue weighted by Gasteiger charge is -2.24. The number of hydrogen-bond donors (Lipinski definition) is 1. The standard InChI is InChI=1S/C14H20O/c1-14(2,3)12-6-4-5-11(9-15)13(12)10-7-8-10/h4-6,10,15H,7-9H2,1-3H3. The largest absolute Gasteiger partial charge is 0.392 e. The van der Waals surface area contributed by atoms with Crippen molar-refractivity contribution in [3.63, 3.8) is 0 Å². The predicted molar refractivity (Wildman–Crippen MR) is 63.0 cm³/mol. The Hall–Kier alpha value is -0.820. The van der Waals surface area contributed by atoms with Crippen LogP contribution < -0.4 is 0 Å². The molecule has 1 aromatic carbocycles. The molecule has 0 saturated heterocycles. The second-order valence-electron chi connectivity index (χ2n) is 5.56. The van der Waals surface area contributed by atoms with Gasteiger partial charge in [0.15, 0.2) is 0 Å². The monoisotopic (exact) mass is 204 g/mol. The lowest BCUT2D eigenvalue weighted by atomic mass is 9.81. The molecule has 1 aromatic rings. The molecule has 0 amide bonds. The van der Waals surface area contributed by atoms with E-state index < -0.39 is 0 Å². The van der Waals surface area contributed by atoms with Crippen LogP contribution in [-0.2, 0) is 12.0 Å². The SMILES string of the molecule is CC(C)(C)c1cccc(CO)c1C1CC1. The molecule has 82 valence electrons. The van der Waals surface area contributed by atoms with Crippen molar-refractivity contribution in [1.82, 2.24) is 0 Å². The van der Waals surface area contributed by atoms with Crippen molar-refractivity contribution in [2.24, 2.45) is 0 Å². The molecule has 1 saturated carbocycles. The number of aliphatic hydroxyl groups excluding tert-OH is 1. The van der Waals surface area contributed by atoms with Gasteiger partial charge in [-0.2, -0.15) is 0 Å². The molecule has 1 N–H and O–H groups in total. The molecule has 0 radical (unpaired) electrons. The summed E-state index contributed by atoms with van der Waals surface area (Å²) in [7, 11) is 0. The number of benzene rings is 1. The third-order valence-electron chi connectivity index (χ3n) is 3.16.